The fourth-order valence-electron chi connectivity index (χ4n) is 4.48. The van der Waals surface area contributed by atoms with Crippen molar-refractivity contribution in [3.8, 4) is 0 Å². The van der Waals surface area contributed by atoms with Crippen LogP contribution in [-0.2, 0) is 10.0 Å². The average Bonchev–Trinajstić information content (AvgIpc) is 3.13. The fourth-order valence-corrected chi connectivity index (χ4v) is 6.76. The topological polar surface area (TPSA) is 91.4 Å². The highest BCUT2D eigenvalue weighted by atomic mass is 32.2. The van der Waals surface area contributed by atoms with Crippen molar-refractivity contribution in [1.29, 1.82) is 0 Å². The van der Waals surface area contributed by atoms with Gasteiger partial charge < -0.3 is 4.90 Å². The maximum Gasteiger partial charge on any atom is 0.324 e. The van der Waals surface area contributed by atoms with Gasteiger partial charge in [-0.15, -0.1) is 0 Å². The lowest BCUT2D eigenvalue weighted by Gasteiger charge is -2.42. The quantitative estimate of drug-likeness (QED) is 0.675. The monoisotopic (exact) mass is 442 g/mol. The normalized spacial score (nSPS) is 23.9. The van der Waals surface area contributed by atoms with Gasteiger partial charge >= 0.3 is 6.03 Å². The van der Waals surface area contributed by atoms with E-state index in [0.717, 1.165) is 68.6 Å². The van der Waals surface area contributed by atoms with Crippen LogP contribution in [0.2, 0.25) is 0 Å². The number of anilines is 1. The molecule has 0 radical (unpaired) electrons. The fraction of sp³-hybridized carbons (Fsp3) is 0.800. The summed E-state index contributed by atoms with van der Waals surface area (Å²) in [6.45, 7) is 5.83. The van der Waals surface area contributed by atoms with Crippen LogP contribution in [0.4, 0.5) is 9.93 Å². The molecule has 1 aromatic heterocycles. The summed E-state index contributed by atoms with van der Waals surface area (Å²) < 4.78 is 27.3. The molecule has 3 rings (SSSR count). The van der Waals surface area contributed by atoms with E-state index in [1.807, 2.05) is 0 Å². The molecule has 0 unspecified atom stereocenters. The van der Waals surface area contributed by atoms with Crippen molar-refractivity contribution >= 4 is 32.5 Å². The van der Waals surface area contributed by atoms with Gasteiger partial charge in [-0.3, -0.25) is 5.32 Å². The minimum absolute atomic E-state index is 0.122. The molecule has 0 aromatic carbocycles. The van der Waals surface area contributed by atoms with Crippen LogP contribution in [0, 0.1) is 5.92 Å². The van der Waals surface area contributed by atoms with Crippen LogP contribution < -0.4 is 10.0 Å². The number of urea groups is 1. The first-order chi connectivity index (χ1) is 13.8. The summed E-state index contributed by atoms with van der Waals surface area (Å²) in [6, 6.07) is 0.204. The standard InChI is InChI=1S/C20H34N4O3S2/c1-14(2)23-29(26,27)18-13-21-19(28-18)22-20(25)24(16-7-5-4-6-8-16)17-11-9-15(3)10-12-17/h13-17,23H,4-12H2,1-3H3,(H,21,22,25). The van der Waals surface area contributed by atoms with Crippen LogP contribution in [0.1, 0.15) is 78.6 Å². The third-order valence-electron chi connectivity index (χ3n) is 5.94. The third-order valence-corrected chi connectivity index (χ3v) is 8.97. The number of nitrogens with one attached hydrogen (secondary N) is 2. The Labute approximate surface area is 178 Å². The molecule has 2 aliphatic rings. The Balaban J connectivity index is 1.73. The number of rotatable bonds is 6. The largest absolute Gasteiger partial charge is 0.324 e. The van der Waals surface area contributed by atoms with Gasteiger partial charge in [0.15, 0.2) is 9.34 Å². The van der Waals surface area contributed by atoms with E-state index in [1.165, 1.54) is 12.6 Å². The second kappa shape index (κ2) is 9.75. The molecule has 0 spiro atoms. The summed E-state index contributed by atoms with van der Waals surface area (Å²) in [5.41, 5.74) is 0. The Morgan fingerprint density at radius 1 is 1.10 bits per heavy atom. The van der Waals surface area contributed by atoms with E-state index in [0.29, 0.717) is 5.13 Å². The predicted molar refractivity (Wildman–Crippen MR) is 117 cm³/mol. The number of carbonyl (C=O) groups is 1. The number of nitrogens with zero attached hydrogens (tertiary/aromatic N) is 2. The van der Waals surface area contributed by atoms with Crippen molar-refractivity contribution < 1.29 is 13.2 Å². The zero-order valence-electron chi connectivity index (χ0n) is 17.7. The molecule has 1 heterocycles. The molecule has 29 heavy (non-hydrogen) atoms. The van der Waals surface area contributed by atoms with E-state index in [2.05, 4.69) is 26.8 Å². The van der Waals surface area contributed by atoms with Gasteiger partial charge in [0.05, 0.1) is 6.20 Å². The number of carbonyl (C=O) groups excluding carboxylic acids is 1. The third kappa shape index (κ3) is 5.92. The van der Waals surface area contributed by atoms with Gasteiger partial charge in [0.2, 0.25) is 0 Å². The molecular weight excluding hydrogens is 408 g/mol. The summed E-state index contributed by atoms with van der Waals surface area (Å²) in [5.74, 6) is 0.725. The number of hydrogen-bond acceptors (Lipinski definition) is 5. The van der Waals surface area contributed by atoms with Crippen molar-refractivity contribution in [3.05, 3.63) is 6.20 Å². The molecule has 7 nitrogen and oxygen atoms in total. The Kier molecular flexibility index (Phi) is 7.56. The number of sulfonamides is 1. The first kappa shape index (κ1) is 22.5. The summed E-state index contributed by atoms with van der Waals surface area (Å²) in [5, 5.41) is 3.23. The SMILES string of the molecule is CC1CCC(N(C(=O)Nc2ncc(S(=O)(=O)NC(C)C)s2)C2CCCCC2)CC1. The minimum Gasteiger partial charge on any atom is -0.319 e. The molecule has 164 valence electrons. The minimum atomic E-state index is -3.60. The molecule has 9 heteroatoms. The number of aromatic nitrogens is 1. The van der Waals surface area contributed by atoms with Crippen LogP contribution in [-0.4, -0.2) is 42.5 Å². The lowest BCUT2D eigenvalue weighted by molar-refractivity contribution is 0.105. The summed E-state index contributed by atoms with van der Waals surface area (Å²) in [6.07, 6.45) is 11.4. The molecule has 2 amide bonds. The van der Waals surface area contributed by atoms with Gasteiger partial charge in [-0.2, -0.15) is 0 Å². The zero-order valence-corrected chi connectivity index (χ0v) is 19.3. The molecular formula is C20H34N4O3S2. The Morgan fingerprint density at radius 2 is 1.72 bits per heavy atom. The molecule has 0 bridgehead atoms. The van der Waals surface area contributed by atoms with Crippen LogP contribution in [0.5, 0.6) is 0 Å². The molecule has 0 atom stereocenters. The first-order valence-electron chi connectivity index (χ1n) is 10.8. The van der Waals surface area contributed by atoms with Crippen molar-refractivity contribution in [2.24, 2.45) is 5.92 Å². The molecule has 2 aliphatic carbocycles. The zero-order chi connectivity index (χ0) is 21.0. The molecule has 1 aromatic rings. The summed E-state index contributed by atoms with van der Waals surface area (Å²) in [4.78, 5) is 19.5. The van der Waals surface area contributed by atoms with Crippen LogP contribution in [0.15, 0.2) is 10.4 Å². The molecule has 2 fully saturated rings. The van der Waals surface area contributed by atoms with E-state index in [-0.39, 0.29) is 28.4 Å². The van der Waals surface area contributed by atoms with Crippen LogP contribution in [0.3, 0.4) is 0 Å². The summed E-state index contributed by atoms with van der Waals surface area (Å²) >= 11 is 1.00. The van der Waals surface area contributed by atoms with E-state index in [4.69, 9.17) is 0 Å². The van der Waals surface area contributed by atoms with Gasteiger partial charge in [-0.1, -0.05) is 37.5 Å². The van der Waals surface area contributed by atoms with Crippen LogP contribution >= 0.6 is 11.3 Å². The second-order valence-electron chi connectivity index (χ2n) is 8.80. The van der Waals surface area contributed by atoms with Gasteiger partial charge in [-0.05, 0) is 58.3 Å². The highest BCUT2D eigenvalue weighted by molar-refractivity contribution is 7.91. The van der Waals surface area contributed by atoms with Gasteiger partial charge in [0, 0.05) is 18.1 Å². The van der Waals surface area contributed by atoms with E-state index in [1.54, 1.807) is 13.8 Å². The lowest BCUT2D eigenvalue weighted by atomic mass is 9.84. The van der Waals surface area contributed by atoms with Crippen molar-refractivity contribution in [2.45, 2.75) is 101 Å². The van der Waals surface area contributed by atoms with Crippen LogP contribution in [0.25, 0.3) is 0 Å². The highest BCUT2D eigenvalue weighted by Gasteiger charge is 2.34. The summed E-state index contributed by atoms with van der Waals surface area (Å²) in [7, 11) is -3.60. The Morgan fingerprint density at radius 3 is 2.34 bits per heavy atom. The van der Waals surface area contributed by atoms with Crippen molar-refractivity contribution in [1.82, 2.24) is 14.6 Å². The Hall–Kier alpha value is -1.19. The molecule has 0 aliphatic heterocycles. The maximum absolute atomic E-state index is 13.2. The van der Waals surface area contributed by atoms with E-state index in [9.17, 15) is 13.2 Å². The average molecular weight is 443 g/mol. The molecule has 2 N–H and O–H groups in total. The number of thiazole rings is 1. The van der Waals surface area contributed by atoms with E-state index < -0.39 is 10.0 Å². The first-order valence-corrected chi connectivity index (χ1v) is 13.1. The smallest absolute Gasteiger partial charge is 0.319 e. The van der Waals surface area contributed by atoms with E-state index >= 15 is 0 Å². The number of hydrogen-bond donors (Lipinski definition) is 2. The van der Waals surface area contributed by atoms with Gasteiger partial charge in [0.25, 0.3) is 10.0 Å². The highest BCUT2D eigenvalue weighted by Crippen LogP contribution is 2.33. The van der Waals surface area contributed by atoms with Gasteiger partial charge in [-0.25, -0.2) is 22.9 Å². The van der Waals surface area contributed by atoms with Crippen molar-refractivity contribution in [2.75, 3.05) is 5.32 Å². The molecule has 0 saturated heterocycles. The van der Waals surface area contributed by atoms with Gasteiger partial charge in [0.1, 0.15) is 0 Å². The second-order valence-corrected chi connectivity index (χ2v) is 11.8. The Bertz CT molecular complexity index is 779. The number of amides is 2. The maximum atomic E-state index is 13.2. The van der Waals surface area contributed by atoms with Crippen molar-refractivity contribution in [3.63, 3.8) is 0 Å². The predicted octanol–water partition coefficient (Wildman–Crippen LogP) is 4.58. The lowest BCUT2D eigenvalue weighted by Crippen LogP contribution is -2.51. The molecule has 2 saturated carbocycles.